The molecule has 2 N–H and O–H groups in total. The summed E-state index contributed by atoms with van der Waals surface area (Å²) in [5.41, 5.74) is -2.61. The van der Waals surface area contributed by atoms with Gasteiger partial charge in [-0.2, -0.15) is 13.2 Å². The molecular formula is C18H27F3N4O2. The van der Waals surface area contributed by atoms with E-state index in [1.807, 2.05) is 0 Å². The molecule has 0 spiro atoms. The summed E-state index contributed by atoms with van der Waals surface area (Å²) in [6, 6.07) is 1.89. The Kier molecular flexibility index (Phi) is 5.81. The third kappa shape index (κ3) is 4.45. The van der Waals surface area contributed by atoms with Crippen LogP contribution in [0.15, 0.2) is 12.4 Å². The molecule has 0 amide bonds. The second kappa shape index (κ2) is 7.79. The van der Waals surface area contributed by atoms with Gasteiger partial charge in [0.2, 0.25) is 0 Å². The van der Waals surface area contributed by atoms with E-state index in [1.54, 1.807) is 11.0 Å². The van der Waals surface area contributed by atoms with Gasteiger partial charge in [-0.3, -0.25) is 0 Å². The van der Waals surface area contributed by atoms with E-state index in [9.17, 15) is 18.3 Å². The summed E-state index contributed by atoms with van der Waals surface area (Å²) in [5, 5.41) is 13.2. The standard InChI is InChI=1S/C18H27F3N4O2/c1-12(2)16-13(4-3-9-27-16)24-14-10-15(23-11-22-14)25-7-5-17(26,6-8-25)18(19,20)21/h10-13,16,26H,3-9H2,1-2H3,(H,22,23,24)/t13-,16-/m0/s1. The van der Waals surface area contributed by atoms with Crippen molar-refractivity contribution in [3.05, 3.63) is 12.4 Å². The minimum absolute atomic E-state index is 0.0909. The second-order valence-electron chi connectivity index (χ2n) is 7.75. The maximum Gasteiger partial charge on any atom is 0.417 e. The summed E-state index contributed by atoms with van der Waals surface area (Å²) < 4.78 is 44.8. The van der Waals surface area contributed by atoms with E-state index in [-0.39, 0.29) is 38.1 Å². The van der Waals surface area contributed by atoms with Gasteiger partial charge >= 0.3 is 6.18 Å². The SMILES string of the molecule is CC(C)[C@@H]1OCCC[C@@H]1Nc1cc(N2CCC(O)(C(F)(F)F)CC2)ncn1. The van der Waals surface area contributed by atoms with Crippen molar-refractivity contribution >= 4 is 11.6 Å². The van der Waals surface area contributed by atoms with Crippen molar-refractivity contribution in [3.63, 3.8) is 0 Å². The quantitative estimate of drug-likeness (QED) is 0.826. The van der Waals surface area contributed by atoms with Crippen molar-refractivity contribution in [1.82, 2.24) is 9.97 Å². The first-order valence-corrected chi connectivity index (χ1v) is 9.44. The van der Waals surface area contributed by atoms with Crippen LogP contribution in [0, 0.1) is 5.92 Å². The lowest BCUT2D eigenvalue weighted by molar-refractivity contribution is -0.266. The Balaban J connectivity index is 1.66. The van der Waals surface area contributed by atoms with Crippen LogP contribution in [0.5, 0.6) is 0 Å². The van der Waals surface area contributed by atoms with Gasteiger partial charge in [0, 0.05) is 38.6 Å². The Labute approximate surface area is 157 Å². The molecular weight excluding hydrogens is 361 g/mol. The molecule has 2 aliphatic rings. The smallest absolute Gasteiger partial charge is 0.380 e. The predicted molar refractivity (Wildman–Crippen MR) is 95.7 cm³/mol. The summed E-state index contributed by atoms with van der Waals surface area (Å²) in [4.78, 5) is 10.2. The van der Waals surface area contributed by atoms with E-state index in [0.717, 1.165) is 19.4 Å². The topological polar surface area (TPSA) is 70.5 Å². The highest BCUT2D eigenvalue weighted by atomic mass is 19.4. The van der Waals surface area contributed by atoms with Crippen molar-refractivity contribution in [2.75, 3.05) is 29.9 Å². The molecule has 0 bridgehead atoms. The number of rotatable bonds is 4. The highest BCUT2D eigenvalue weighted by Crippen LogP contribution is 2.39. The van der Waals surface area contributed by atoms with Gasteiger partial charge in [-0.1, -0.05) is 13.8 Å². The monoisotopic (exact) mass is 388 g/mol. The van der Waals surface area contributed by atoms with E-state index in [0.29, 0.717) is 17.6 Å². The molecule has 0 aliphatic carbocycles. The molecule has 2 atom stereocenters. The zero-order chi connectivity index (χ0) is 19.7. The Morgan fingerprint density at radius 3 is 2.63 bits per heavy atom. The highest BCUT2D eigenvalue weighted by molar-refractivity contribution is 5.49. The minimum Gasteiger partial charge on any atom is -0.380 e. The van der Waals surface area contributed by atoms with Crippen molar-refractivity contribution in [1.29, 1.82) is 0 Å². The number of aromatic nitrogens is 2. The minimum atomic E-state index is -4.61. The van der Waals surface area contributed by atoms with Crippen LogP contribution in [-0.2, 0) is 4.74 Å². The van der Waals surface area contributed by atoms with E-state index < -0.39 is 11.8 Å². The molecule has 2 aliphatic heterocycles. The summed E-state index contributed by atoms with van der Waals surface area (Å²) in [6.45, 7) is 5.17. The van der Waals surface area contributed by atoms with Crippen molar-refractivity contribution in [2.24, 2.45) is 5.92 Å². The third-order valence-corrected chi connectivity index (χ3v) is 5.45. The van der Waals surface area contributed by atoms with E-state index >= 15 is 0 Å². The number of nitrogens with one attached hydrogen (secondary N) is 1. The fraction of sp³-hybridized carbons (Fsp3) is 0.778. The number of halogens is 3. The number of alkyl halides is 3. The molecule has 0 radical (unpaired) electrons. The van der Waals surface area contributed by atoms with Crippen LogP contribution in [0.3, 0.4) is 0 Å². The Morgan fingerprint density at radius 1 is 1.30 bits per heavy atom. The molecule has 9 heteroatoms. The van der Waals surface area contributed by atoms with Crippen molar-refractivity contribution in [2.45, 2.75) is 63.5 Å². The lowest BCUT2D eigenvalue weighted by Crippen LogP contribution is -2.53. The fourth-order valence-electron chi connectivity index (χ4n) is 3.79. The van der Waals surface area contributed by atoms with Gasteiger partial charge in [0.15, 0.2) is 5.60 Å². The number of anilines is 2. The van der Waals surface area contributed by atoms with Crippen LogP contribution in [0.25, 0.3) is 0 Å². The zero-order valence-corrected chi connectivity index (χ0v) is 15.7. The molecule has 1 aromatic heterocycles. The molecule has 6 nitrogen and oxygen atoms in total. The lowest BCUT2D eigenvalue weighted by Gasteiger charge is -2.39. The Morgan fingerprint density at radius 2 is 2.00 bits per heavy atom. The number of ether oxygens (including phenoxy) is 1. The number of hydrogen-bond acceptors (Lipinski definition) is 6. The first-order chi connectivity index (χ1) is 12.7. The normalized spacial score (nSPS) is 26.3. The third-order valence-electron chi connectivity index (χ3n) is 5.45. The second-order valence-corrected chi connectivity index (χ2v) is 7.75. The maximum atomic E-state index is 13.0. The molecule has 152 valence electrons. The van der Waals surface area contributed by atoms with Gasteiger partial charge in [-0.15, -0.1) is 0 Å². The number of nitrogens with zero attached hydrogens (tertiary/aromatic N) is 3. The molecule has 0 saturated carbocycles. The van der Waals surface area contributed by atoms with Gasteiger partial charge in [0.05, 0.1) is 12.1 Å². The van der Waals surface area contributed by atoms with E-state index in [2.05, 4.69) is 29.1 Å². The number of aliphatic hydroxyl groups is 1. The maximum absolute atomic E-state index is 13.0. The fourth-order valence-corrected chi connectivity index (χ4v) is 3.79. The van der Waals surface area contributed by atoms with Gasteiger partial charge < -0.3 is 20.1 Å². The first kappa shape index (κ1) is 20.1. The largest absolute Gasteiger partial charge is 0.417 e. The molecule has 3 heterocycles. The van der Waals surface area contributed by atoms with Crippen LogP contribution in [-0.4, -0.2) is 58.7 Å². The number of hydrogen-bond donors (Lipinski definition) is 2. The van der Waals surface area contributed by atoms with Crippen molar-refractivity contribution < 1.29 is 23.0 Å². The molecule has 27 heavy (non-hydrogen) atoms. The Hall–Kier alpha value is -1.61. The van der Waals surface area contributed by atoms with E-state index in [1.165, 1.54) is 6.33 Å². The van der Waals surface area contributed by atoms with Gasteiger partial charge in [-0.05, 0) is 18.8 Å². The molecule has 2 saturated heterocycles. The average Bonchev–Trinajstić information content (AvgIpc) is 2.62. The predicted octanol–water partition coefficient (Wildman–Crippen LogP) is 2.99. The Bertz CT molecular complexity index is 633. The molecule has 2 fully saturated rings. The van der Waals surface area contributed by atoms with Gasteiger partial charge in [-0.25, -0.2) is 9.97 Å². The lowest BCUT2D eigenvalue weighted by atomic mass is 9.91. The summed E-state index contributed by atoms with van der Waals surface area (Å²) >= 11 is 0. The van der Waals surface area contributed by atoms with Crippen LogP contribution < -0.4 is 10.2 Å². The first-order valence-electron chi connectivity index (χ1n) is 9.44. The average molecular weight is 388 g/mol. The summed E-state index contributed by atoms with van der Waals surface area (Å²) in [6.07, 6.45) is -1.88. The number of piperidine rings is 1. The molecule has 3 rings (SSSR count). The summed E-state index contributed by atoms with van der Waals surface area (Å²) in [7, 11) is 0. The summed E-state index contributed by atoms with van der Waals surface area (Å²) in [5.74, 6) is 1.57. The van der Waals surface area contributed by atoms with Gasteiger partial charge in [0.25, 0.3) is 0 Å². The van der Waals surface area contributed by atoms with Crippen LogP contribution in [0.4, 0.5) is 24.8 Å². The molecule has 0 aromatic carbocycles. The van der Waals surface area contributed by atoms with Crippen molar-refractivity contribution in [3.8, 4) is 0 Å². The van der Waals surface area contributed by atoms with Crippen LogP contribution in [0.2, 0.25) is 0 Å². The molecule has 0 unspecified atom stereocenters. The van der Waals surface area contributed by atoms with E-state index in [4.69, 9.17) is 4.74 Å². The van der Waals surface area contributed by atoms with Crippen LogP contribution in [0.1, 0.15) is 39.5 Å². The van der Waals surface area contributed by atoms with Gasteiger partial charge in [0.1, 0.15) is 18.0 Å². The van der Waals surface area contributed by atoms with Crippen LogP contribution >= 0.6 is 0 Å². The molecule has 1 aromatic rings. The zero-order valence-electron chi connectivity index (χ0n) is 15.7. The highest BCUT2D eigenvalue weighted by Gasteiger charge is 2.54.